The van der Waals surface area contributed by atoms with Gasteiger partial charge in [-0.2, -0.15) is 0 Å². The second kappa shape index (κ2) is 10.7. The standard InChI is InChI=1S/C25H24ClF2N3O4S/c1-5-35-18-12-19(36-24(18)25(32)34-4)22-21(28)16(11-20(26)30-22)29-8-9-31-13(2)10-14-17(33-3)7-6-15(27)23(14)31/h6-7,10-12H,5,8-9H2,1-4H3,(H,29,30). The van der Waals surface area contributed by atoms with E-state index >= 15 is 4.39 Å². The molecule has 1 N–H and O–H groups in total. The Bertz CT molecular complexity index is 1440. The number of halogens is 3. The molecule has 0 radical (unpaired) electrons. The number of fused-ring (bicyclic) bond motifs is 1. The lowest BCUT2D eigenvalue weighted by atomic mass is 10.2. The highest BCUT2D eigenvalue weighted by molar-refractivity contribution is 7.17. The number of aryl methyl sites for hydroxylation is 1. The van der Waals surface area contributed by atoms with Crippen molar-refractivity contribution in [1.29, 1.82) is 0 Å². The Morgan fingerprint density at radius 1 is 1.19 bits per heavy atom. The lowest BCUT2D eigenvalue weighted by molar-refractivity contribution is 0.0602. The number of benzene rings is 1. The third kappa shape index (κ3) is 4.83. The van der Waals surface area contributed by atoms with E-state index in [0.29, 0.717) is 34.7 Å². The predicted molar refractivity (Wildman–Crippen MR) is 137 cm³/mol. The summed E-state index contributed by atoms with van der Waals surface area (Å²) in [5.41, 5.74) is 1.36. The summed E-state index contributed by atoms with van der Waals surface area (Å²) in [6, 6.07) is 7.72. The third-order valence-corrected chi connectivity index (χ3v) is 6.87. The van der Waals surface area contributed by atoms with Crippen LogP contribution in [0.25, 0.3) is 21.5 Å². The smallest absolute Gasteiger partial charge is 0.351 e. The van der Waals surface area contributed by atoms with Gasteiger partial charge in [0.1, 0.15) is 28.2 Å². The molecule has 1 aromatic carbocycles. The topological polar surface area (TPSA) is 74.6 Å². The maximum absolute atomic E-state index is 15.5. The Balaban J connectivity index is 1.62. The van der Waals surface area contributed by atoms with Crippen LogP contribution in [0.5, 0.6) is 11.5 Å². The van der Waals surface area contributed by atoms with Crippen molar-refractivity contribution in [3.05, 3.63) is 57.7 Å². The van der Waals surface area contributed by atoms with Gasteiger partial charge in [0.2, 0.25) is 0 Å². The molecule has 0 aliphatic rings. The predicted octanol–water partition coefficient (Wildman–Crippen LogP) is 6.31. The van der Waals surface area contributed by atoms with Crippen LogP contribution in [-0.2, 0) is 11.3 Å². The molecule has 0 bridgehead atoms. The molecule has 0 unspecified atom stereocenters. The summed E-state index contributed by atoms with van der Waals surface area (Å²) in [6.07, 6.45) is 0. The summed E-state index contributed by atoms with van der Waals surface area (Å²) in [5, 5.41) is 3.76. The maximum Gasteiger partial charge on any atom is 0.351 e. The molecular weight excluding hydrogens is 512 g/mol. The Morgan fingerprint density at radius 3 is 2.67 bits per heavy atom. The lowest BCUT2D eigenvalue weighted by Crippen LogP contribution is -2.13. The number of nitrogens with zero attached hydrogens (tertiary/aromatic N) is 2. The van der Waals surface area contributed by atoms with E-state index in [-0.39, 0.29) is 39.5 Å². The van der Waals surface area contributed by atoms with Crippen molar-refractivity contribution in [2.45, 2.75) is 20.4 Å². The van der Waals surface area contributed by atoms with Gasteiger partial charge in [-0.3, -0.25) is 0 Å². The molecule has 0 atom stereocenters. The first-order valence-electron chi connectivity index (χ1n) is 11.1. The summed E-state index contributed by atoms with van der Waals surface area (Å²) in [7, 11) is 2.79. The van der Waals surface area contributed by atoms with Crippen molar-refractivity contribution in [3.63, 3.8) is 0 Å². The van der Waals surface area contributed by atoms with Gasteiger partial charge in [-0.05, 0) is 32.0 Å². The van der Waals surface area contributed by atoms with Gasteiger partial charge in [0, 0.05) is 36.3 Å². The zero-order chi connectivity index (χ0) is 26.0. The number of hydrogen-bond donors (Lipinski definition) is 1. The third-order valence-electron chi connectivity index (χ3n) is 5.58. The van der Waals surface area contributed by atoms with Crippen molar-refractivity contribution in [1.82, 2.24) is 9.55 Å². The molecule has 7 nitrogen and oxygen atoms in total. The van der Waals surface area contributed by atoms with Crippen LogP contribution in [0.3, 0.4) is 0 Å². The number of carbonyl (C=O) groups is 1. The van der Waals surface area contributed by atoms with Crippen LogP contribution in [0, 0.1) is 18.6 Å². The van der Waals surface area contributed by atoms with E-state index in [2.05, 4.69) is 10.3 Å². The minimum Gasteiger partial charge on any atom is -0.496 e. The van der Waals surface area contributed by atoms with Crippen LogP contribution in [0.4, 0.5) is 14.5 Å². The molecule has 3 aromatic heterocycles. The first kappa shape index (κ1) is 25.7. The van der Waals surface area contributed by atoms with Crippen LogP contribution in [0.2, 0.25) is 5.15 Å². The first-order valence-corrected chi connectivity index (χ1v) is 12.3. The molecule has 0 amide bonds. The molecule has 4 aromatic rings. The Hall–Kier alpha value is -3.37. The van der Waals surface area contributed by atoms with E-state index in [1.54, 1.807) is 17.6 Å². The fourth-order valence-corrected chi connectivity index (χ4v) is 5.18. The number of esters is 1. The second-order valence-electron chi connectivity index (χ2n) is 7.76. The normalized spacial score (nSPS) is 11.1. The van der Waals surface area contributed by atoms with Gasteiger partial charge in [0.05, 0.1) is 36.9 Å². The number of aromatic nitrogens is 2. The monoisotopic (exact) mass is 535 g/mol. The van der Waals surface area contributed by atoms with E-state index in [1.807, 2.05) is 13.0 Å². The Kier molecular flexibility index (Phi) is 7.65. The molecule has 11 heteroatoms. The number of anilines is 1. The highest BCUT2D eigenvalue weighted by Gasteiger charge is 2.23. The second-order valence-corrected chi connectivity index (χ2v) is 9.20. The van der Waals surface area contributed by atoms with Crippen molar-refractivity contribution >= 4 is 45.5 Å². The van der Waals surface area contributed by atoms with Gasteiger partial charge in [-0.15, -0.1) is 11.3 Å². The molecule has 190 valence electrons. The largest absolute Gasteiger partial charge is 0.496 e. The SMILES string of the molecule is CCOc1cc(-c2nc(Cl)cc(NCCn3c(C)cc4c(OC)ccc(F)c43)c2F)sc1C(=O)OC. The number of thiophene rings is 1. The number of nitrogens with one attached hydrogen (secondary N) is 1. The number of pyridine rings is 1. The average Bonchev–Trinajstić information content (AvgIpc) is 3.42. The number of rotatable bonds is 9. The minimum absolute atomic E-state index is 0.0236. The number of ether oxygens (including phenoxy) is 3. The summed E-state index contributed by atoms with van der Waals surface area (Å²) in [6.45, 7) is 4.59. The van der Waals surface area contributed by atoms with Gasteiger partial charge in [0.15, 0.2) is 10.7 Å². The van der Waals surface area contributed by atoms with Crippen molar-refractivity contribution in [2.75, 3.05) is 32.7 Å². The van der Waals surface area contributed by atoms with Crippen LogP contribution in [0.1, 0.15) is 22.3 Å². The molecule has 0 fully saturated rings. The fourth-order valence-electron chi connectivity index (χ4n) is 3.99. The maximum atomic E-state index is 15.5. The van der Waals surface area contributed by atoms with Gasteiger partial charge >= 0.3 is 5.97 Å². The van der Waals surface area contributed by atoms with E-state index in [1.165, 1.54) is 32.4 Å². The highest BCUT2D eigenvalue weighted by atomic mass is 35.5. The average molecular weight is 536 g/mol. The fraction of sp³-hybridized carbons (Fsp3) is 0.280. The molecule has 0 saturated heterocycles. The zero-order valence-electron chi connectivity index (χ0n) is 20.1. The van der Waals surface area contributed by atoms with E-state index in [4.69, 9.17) is 25.8 Å². The quantitative estimate of drug-likeness (QED) is 0.200. The molecule has 3 heterocycles. The van der Waals surface area contributed by atoms with Gasteiger partial charge in [-0.1, -0.05) is 11.6 Å². The summed E-state index contributed by atoms with van der Waals surface area (Å²) < 4.78 is 47.6. The van der Waals surface area contributed by atoms with E-state index < -0.39 is 11.8 Å². The Labute approximate surface area is 215 Å². The number of hydrogen-bond acceptors (Lipinski definition) is 7. The molecule has 0 aliphatic heterocycles. The molecule has 0 spiro atoms. The number of methoxy groups -OCH3 is 2. The van der Waals surface area contributed by atoms with E-state index in [9.17, 15) is 9.18 Å². The number of carbonyl (C=O) groups excluding carboxylic acids is 1. The summed E-state index contributed by atoms with van der Waals surface area (Å²) in [5.74, 6) is -0.738. The summed E-state index contributed by atoms with van der Waals surface area (Å²) >= 11 is 7.20. The highest BCUT2D eigenvalue weighted by Crippen LogP contribution is 2.39. The van der Waals surface area contributed by atoms with Gasteiger partial charge < -0.3 is 24.1 Å². The molecule has 36 heavy (non-hydrogen) atoms. The van der Waals surface area contributed by atoms with Crippen LogP contribution in [-0.4, -0.2) is 42.9 Å². The van der Waals surface area contributed by atoms with Crippen molar-refractivity contribution in [2.24, 2.45) is 0 Å². The van der Waals surface area contributed by atoms with Crippen LogP contribution in [0.15, 0.2) is 30.3 Å². The summed E-state index contributed by atoms with van der Waals surface area (Å²) in [4.78, 5) is 16.8. The minimum atomic E-state index is -0.637. The molecule has 0 saturated carbocycles. The van der Waals surface area contributed by atoms with Crippen LogP contribution < -0.4 is 14.8 Å². The first-order chi connectivity index (χ1) is 17.3. The van der Waals surface area contributed by atoms with Gasteiger partial charge in [0.25, 0.3) is 0 Å². The van der Waals surface area contributed by atoms with Crippen molar-refractivity contribution < 1.29 is 27.8 Å². The molecular formula is C25H24ClF2N3O4S. The van der Waals surface area contributed by atoms with E-state index in [0.717, 1.165) is 17.0 Å². The lowest BCUT2D eigenvalue weighted by Gasteiger charge is -2.13. The molecule has 0 aliphatic carbocycles. The molecule has 4 rings (SSSR count). The van der Waals surface area contributed by atoms with Crippen LogP contribution >= 0.6 is 22.9 Å². The van der Waals surface area contributed by atoms with Gasteiger partial charge in [-0.25, -0.2) is 18.6 Å². The Morgan fingerprint density at radius 2 is 1.97 bits per heavy atom. The van der Waals surface area contributed by atoms with Crippen molar-refractivity contribution in [3.8, 4) is 22.1 Å². The zero-order valence-corrected chi connectivity index (χ0v) is 21.7.